The van der Waals surface area contributed by atoms with E-state index in [4.69, 9.17) is 4.74 Å². The fourth-order valence-corrected chi connectivity index (χ4v) is 2.67. The van der Waals surface area contributed by atoms with Gasteiger partial charge in [-0.1, -0.05) is 36.4 Å². The number of aliphatic hydroxyl groups is 1. The molecule has 0 spiro atoms. The molecule has 2 N–H and O–H groups in total. The first kappa shape index (κ1) is 13.0. The van der Waals surface area contributed by atoms with Gasteiger partial charge in [-0.25, -0.2) is 0 Å². The van der Waals surface area contributed by atoms with Crippen LogP contribution in [-0.4, -0.2) is 11.7 Å². The van der Waals surface area contributed by atoms with E-state index in [2.05, 4.69) is 11.4 Å². The number of ether oxygens (including phenoxy) is 1. The van der Waals surface area contributed by atoms with Crippen LogP contribution < -0.4 is 10.1 Å². The van der Waals surface area contributed by atoms with Crippen molar-refractivity contribution in [2.75, 3.05) is 11.9 Å². The van der Waals surface area contributed by atoms with Crippen molar-refractivity contribution in [3.63, 3.8) is 0 Å². The molecule has 1 aliphatic rings. The summed E-state index contributed by atoms with van der Waals surface area (Å²) in [4.78, 5) is 0. The first-order valence-electron chi connectivity index (χ1n) is 7.01. The van der Waals surface area contributed by atoms with Gasteiger partial charge in [0.05, 0.1) is 18.8 Å². The summed E-state index contributed by atoms with van der Waals surface area (Å²) in [5.41, 5.74) is 3.10. The summed E-state index contributed by atoms with van der Waals surface area (Å²) < 4.78 is 5.68. The molecule has 0 radical (unpaired) electrons. The molecule has 0 saturated carbocycles. The minimum atomic E-state index is -0.478. The molecule has 0 fully saturated rings. The van der Waals surface area contributed by atoms with Gasteiger partial charge in [-0.05, 0) is 19.1 Å². The SMILES string of the molecule is CC(O)c1ccccc1NC1CCOc2ccccc21. The molecule has 0 saturated heterocycles. The molecular formula is C17H19NO2. The molecule has 3 nitrogen and oxygen atoms in total. The predicted octanol–water partition coefficient (Wildman–Crippen LogP) is 3.68. The van der Waals surface area contributed by atoms with Gasteiger partial charge in [0.25, 0.3) is 0 Å². The van der Waals surface area contributed by atoms with E-state index in [0.29, 0.717) is 6.61 Å². The fourth-order valence-electron chi connectivity index (χ4n) is 2.67. The lowest BCUT2D eigenvalue weighted by atomic mass is 9.99. The van der Waals surface area contributed by atoms with Crippen LogP contribution in [0, 0.1) is 0 Å². The van der Waals surface area contributed by atoms with Crippen molar-refractivity contribution in [1.82, 2.24) is 0 Å². The molecule has 3 heteroatoms. The average Bonchev–Trinajstić information content (AvgIpc) is 2.48. The standard InChI is InChI=1S/C17H19NO2/c1-12(19)13-6-2-4-8-15(13)18-16-10-11-20-17-9-5-3-7-14(16)17/h2-9,12,16,18-19H,10-11H2,1H3. The average molecular weight is 269 g/mol. The van der Waals surface area contributed by atoms with Crippen LogP contribution in [0.15, 0.2) is 48.5 Å². The van der Waals surface area contributed by atoms with Crippen molar-refractivity contribution in [2.24, 2.45) is 0 Å². The van der Waals surface area contributed by atoms with Crippen molar-refractivity contribution in [1.29, 1.82) is 0 Å². The molecule has 2 aromatic carbocycles. The monoisotopic (exact) mass is 269 g/mol. The Morgan fingerprint density at radius 3 is 2.75 bits per heavy atom. The smallest absolute Gasteiger partial charge is 0.124 e. The number of aliphatic hydroxyl groups excluding tert-OH is 1. The zero-order chi connectivity index (χ0) is 13.9. The van der Waals surface area contributed by atoms with Gasteiger partial charge in [0.1, 0.15) is 5.75 Å². The van der Waals surface area contributed by atoms with Crippen molar-refractivity contribution in [3.8, 4) is 5.75 Å². The third kappa shape index (κ3) is 2.49. The van der Waals surface area contributed by atoms with Gasteiger partial charge < -0.3 is 15.2 Å². The normalized spacial score (nSPS) is 18.8. The Hall–Kier alpha value is -2.00. The van der Waals surface area contributed by atoms with E-state index < -0.39 is 6.10 Å². The van der Waals surface area contributed by atoms with E-state index in [0.717, 1.165) is 23.4 Å². The Morgan fingerprint density at radius 1 is 1.15 bits per heavy atom. The van der Waals surface area contributed by atoms with Crippen LogP contribution in [0.5, 0.6) is 5.75 Å². The maximum Gasteiger partial charge on any atom is 0.124 e. The molecule has 0 aliphatic carbocycles. The van der Waals surface area contributed by atoms with E-state index in [9.17, 15) is 5.11 Å². The van der Waals surface area contributed by atoms with Crippen LogP contribution >= 0.6 is 0 Å². The second-order valence-corrected chi connectivity index (χ2v) is 5.14. The minimum absolute atomic E-state index is 0.222. The summed E-state index contributed by atoms with van der Waals surface area (Å²) >= 11 is 0. The Morgan fingerprint density at radius 2 is 1.90 bits per heavy atom. The maximum atomic E-state index is 9.86. The molecule has 2 atom stereocenters. The Bertz CT molecular complexity index is 595. The van der Waals surface area contributed by atoms with Crippen LogP contribution in [0.3, 0.4) is 0 Å². The molecule has 2 aromatic rings. The number of rotatable bonds is 3. The molecule has 2 unspecified atom stereocenters. The third-order valence-corrected chi connectivity index (χ3v) is 3.70. The van der Waals surface area contributed by atoms with Gasteiger partial charge >= 0.3 is 0 Å². The summed E-state index contributed by atoms with van der Waals surface area (Å²) in [7, 11) is 0. The minimum Gasteiger partial charge on any atom is -0.493 e. The third-order valence-electron chi connectivity index (χ3n) is 3.70. The Kier molecular flexibility index (Phi) is 3.61. The van der Waals surface area contributed by atoms with Crippen molar-refractivity contribution >= 4 is 5.69 Å². The zero-order valence-electron chi connectivity index (χ0n) is 11.5. The van der Waals surface area contributed by atoms with Gasteiger partial charge in [-0.3, -0.25) is 0 Å². The van der Waals surface area contributed by atoms with Crippen LogP contribution in [0.1, 0.15) is 36.6 Å². The van der Waals surface area contributed by atoms with Gasteiger partial charge in [-0.15, -0.1) is 0 Å². The van der Waals surface area contributed by atoms with Gasteiger partial charge in [0.2, 0.25) is 0 Å². The fraction of sp³-hybridized carbons (Fsp3) is 0.294. The van der Waals surface area contributed by atoms with Crippen LogP contribution in [-0.2, 0) is 0 Å². The number of para-hydroxylation sites is 2. The zero-order valence-corrected chi connectivity index (χ0v) is 11.5. The Labute approximate surface area is 119 Å². The molecule has 1 aliphatic heterocycles. The van der Waals surface area contributed by atoms with Crippen molar-refractivity contribution < 1.29 is 9.84 Å². The molecule has 0 amide bonds. The number of hydrogen-bond acceptors (Lipinski definition) is 3. The van der Waals surface area contributed by atoms with Crippen LogP contribution in [0.4, 0.5) is 5.69 Å². The lowest BCUT2D eigenvalue weighted by Gasteiger charge is -2.28. The van der Waals surface area contributed by atoms with Gasteiger partial charge in [0.15, 0.2) is 0 Å². The van der Waals surface area contributed by atoms with E-state index in [-0.39, 0.29) is 6.04 Å². The molecule has 20 heavy (non-hydrogen) atoms. The quantitative estimate of drug-likeness (QED) is 0.893. The first-order valence-corrected chi connectivity index (χ1v) is 7.01. The highest BCUT2D eigenvalue weighted by Gasteiger charge is 2.21. The van der Waals surface area contributed by atoms with E-state index in [1.165, 1.54) is 5.56 Å². The number of anilines is 1. The van der Waals surface area contributed by atoms with E-state index in [1.807, 2.05) is 42.5 Å². The summed E-state index contributed by atoms with van der Waals surface area (Å²) in [6.07, 6.45) is 0.444. The van der Waals surface area contributed by atoms with Crippen LogP contribution in [0.2, 0.25) is 0 Å². The van der Waals surface area contributed by atoms with Crippen LogP contribution in [0.25, 0.3) is 0 Å². The predicted molar refractivity (Wildman–Crippen MR) is 80.0 cm³/mol. The van der Waals surface area contributed by atoms with Crippen molar-refractivity contribution in [3.05, 3.63) is 59.7 Å². The largest absolute Gasteiger partial charge is 0.493 e. The highest BCUT2D eigenvalue weighted by molar-refractivity contribution is 5.55. The van der Waals surface area contributed by atoms with Gasteiger partial charge in [0, 0.05) is 23.2 Å². The van der Waals surface area contributed by atoms with Gasteiger partial charge in [-0.2, -0.15) is 0 Å². The highest BCUT2D eigenvalue weighted by Crippen LogP contribution is 2.35. The number of hydrogen-bond donors (Lipinski definition) is 2. The number of fused-ring (bicyclic) bond motifs is 1. The molecule has 1 heterocycles. The topological polar surface area (TPSA) is 41.5 Å². The molecule has 0 aromatic heterocycles. The summed E-state index contributed by atoms with van der Waals surface area (Å²) in [6, 6.07) is 16.2. The molecule has 104 valence electrons. The number of nitrogens with one attached hydrogen (secondary N) is 1. The maximum absolute atomic E-state index is 9.86. The lowest BCUT2D eigenvalue weighted by Crippen LogP contribution is -2.21. The Balaban J connectivity index is 1.90. The first-order chi connectivity index (χ1) is 9.75. The second-order valence-electron chi connectivity index (χ2n) is 5.14. The summed E-state index contributed by atoms with van der Waals surface area (Å²) in [6.45, 7) is 2.50. The van der Waals surface area contributed by atoms with E-state index in [1.54, 1.807) is 6.92 Å². The number of benzene rings is 2. The van der Waals surface area contributed by atoms with E-state index >= 15 is 0 Å². The van der Waals surface area contributed by atoms with Crippen molar-refractivity contribution in [2.45, 2.75) is 25.5 Å². The molecule has 3 rings (SSSR count). The lowest BCUT2D eigenvalue weighted by molar-refractivity contribution is 0.200. The summed E-state index contributed by atoms with van der Waals surface area (Å²) in [5.74, 6) is 0.950. The molecular weight excluding hydrogens is 250 g/mol. The summed E-state index contributed by atoms with van der Waals surface area (Å²) in [5, 5.41) is 13.4. The highest BCUT2D eigenvalue weighted by atomic mass is 16.5. The molecule has 0 bridgehead atoms. The second kappa shape index (κ2) is 5.55.